The minimum absolute atomic E-state index is 0.104. The lowest BCUT2D eigenvalue weighted by molar-refractivity contribution is 0.0406. The van der Waals surface area contributed by atoms with Crippen molar-refractivity contribution in [2.75, 3.05) is 6.61 Å². The number of carbonyl (C=O) groups is 1. The zero-order chi connectivity index (χ0) is 22.5. The van der Waals surface area contributed by atoms with Crippen molar-refractivity contribution in [1.82, 2.24) is 15.3 Å². The van der Waals surface area contributed by atoms with Gasteiger partial charge in [-0.1, -0.05) is 13.8 Å². The van der Waals surface area contributed by atoms with Crippen LogP contribution in [-0.2, 0) is 4.74 Å². The number of carbonyl (C=O) groups excluding carboxylic acids is 1. The van der Waals surface area contributed by atoms with E-state index in [9.17, 15) is 9.18 Å². The summed E-state index contributed by atoms with van der Waals surface area (Å²) in [5.74, 6) is 0.533. The molecule has 0 spiro atoms. The van der Waals surface area contributed by atoms with Gasteiger partial charge in [-0.2, -0.15) is 0 Å². The van der Waals surface area contributed by atoms with Crippen LogP contribution >= 0.6 is 0 Å². The maximum absolute atomic E-state index is 14.7. The number of alkyl carbamates (subject to hydrolysis) is 1. The average molecular weight is 418 g/mol. The third-order valence-electron chi connectivity index (χ3n) is 4.21. The highest BCUT2D eigenvalue weighted by Gasteiger charge is 2.31. The van der Waals surface area contributed by atoms with Crippen molar-refractivity contribution in [3.63, 3.8) is 0 Å². The summed E-state index contributed by atoms with van der Waals surface area (Å²) < 4.78 is 25.8. The minimum atomic E-state index is -0.717. The molecule has 2 rings (SSSR count). The summed E-state index contributed by atoms with van der Waals surface area (Å²) in [6.07, 6.45) is 1.76. The molecular weight excluding hydrogens is 385 g/mol. The molecule has 6 nitrogen and oxygen atoms in total. The Bertz CT molecular complexity index is 880. The molecule has 30 heavy (non-hydrogen) atoms. The number of amides is 1. The molecule has 0 saturated carbocycles. The van der Waals surface area contributed by atoms with E-state index in [1.165, 1.54) is 6.07 Å². The maximum atomic E-state index is 14.7. The van der Waals surface area contributed by atoms with Gasteiger partial charge in [0.15, 0.2) is 11.6 Å². The summed E-state index contributed by atoms with van der Waals surface area (Å²) in [5, 5.41) is 2.89. The summed E-state index contributed by atoms with van der Waals surface area (Å²) in [6, 6.07) is 6.44. The molecule has 0 fully saturated rings. The Labute approximate surface area is 178 Å². The molecule has 0 aliphatic heterocycles. The van der Waals surface area contributed by atoms with Crippen molar-refractivity contribution in [3.8, 4) is 17.0 Å². The van der Waals surface area contributed by atoms with E-state index in [0.29, 0.717) is 29.4 Å². The second-order valence-electron chi connectivity index (χ2n) is 9.21. The Morgan fingerprint density at radius 2 is 1.90 bits per heavy atom. The summed E-state index contributed by atoms with van der Waals surface area (Å²) in [4.78, 5) is 20.7. The van der Waals surface area contributed by atoms with Crippen LogP contribution in [0.2, 0.25) is 0 Å². The second-order valence-corrected chi connectivity index (χ2v) is 9.21. The van der Waals surface area contributed by atoms with E-state index >= 15 is 0 Å². The van der Waals surface area contributed by atoms with Gasteiger partial charge in [-0.3, -0.25) is 0 Å². The quantitative estimate of drug-likeness (QED) is 0.662. The topological polar surface area (TPSA) is 73.3 Å². The zero-order valence-corrected chi connectivity index (χ0v) is 18.9. The fourth-order valence-corrected chi connectivity index (χ4v) is 3.23. The molecule has 7 heteroatoms. The summed E-state index contributed by atoms with van der Waals surface area (Å²) in [5.41, 5.74) is -0.0394. The Morgan fingerprint density at radius 3 is 2.47 bits per heavy atom. The van der Waals surface area contributed by atoms with Crippen molar-refractivity contribution < 1.29 is 18.7 Å². The first-order chi connectivity index (χ1) is 13.9. The maximum Gasteiger partial charge on any atom is 0.408 e. The highest BCUT2D eigenvalue weighted by molar-refractivity contribution is 5.68. The van der Waals surface area contributed by atoms with Gasteiger partial charge in [0, 0.05) is 11.8 Å². The van der Waals surface area contributed by atoms with Crippen LogP contribution in [0.3, 0.4) is 0 Å². The standard InChI is InChI=1S/C23H32FN3O3/c1-15(2)13-23(7,27-21(28)30-22(4,5)6)14-29-20-9-8-17(12-18(20)24)19-10-11-25-16(3)26-19/h8-12,15H,13-14H2,1-7H3,(H,27,28). The van der Waals surface area contributed by atoms with Gasteiger partial charge in [0.2, 0.25) is 0 Å². The van der Waals surface area contributed by atoms with Crippen LogP contribution in [0.5, 0.6) is 5.75 Å². The molecule has 1 N–H and O–H groups in total. The first-order valence-electron chi connectivity index (χ1n) is 10.1. The van der Waals surface area contributed by atoms with E-state index in [-0.39, 0.29) is 12.4 Å². The van der Waals surface area contributed by atoms with E-state index in [1.54, 1.807) is 52.1 Å². The second kappa shape index (κ2) is 9.41. The van der Waals surface area contributed by atoms with Gasteiger partial charge >= 0.3 is 6.09 Å². The van der Waals surface area contributed by atoms with E-state index in [2.05, 4.69) is 15.3 Å². The molecule has 0 aliphatic carbocycles. The Hall–Kier alpha value is -2.70. The third-order valence-corrected chi connectivity index (χ3v) is 4.21. The lowest BCUT2D eigenvalue weighted by Crippen LogP contribution is -2.52. The molecule has 2 aromatic rings. The van der Waals surface area contributed by atoms with Crippen LogP contribution in [0.4, 0.5) is 9.18 Å². The molecule has 1 atom stereocenters. The van der Waals surface area contributed by atoms with Gasteiger partial charge in [0.05, 0.1) is 11.2 Å². The number of halogens is 1. The van der Waals surface area contributed by atoms with Crippen molar-refractivity contribution in [1.29, 1.82) is 0 Å². The number of hydrogen-bond acceptors (Lipinski definition) is 5. The van der Waals surface area contributed by atoms with Gasteiger partial charge in [-0.15, -0.1) is 0 Å². The third kappa shape index (κ3) is 7.28. The fourth-order valence-electron chi connectivity index (χ4n) is 3.23. The molecule has 1 heterocycles. The molecule has 1 unspecified atom stereocenters. The van der Waals surface area contributed by atoms with Crippen LogP contribution in [0.1, 0.15) is 53.8 Å². The summed E-state index contributed by atoms with van der Waals surface area (Å²) in [7, 11) is 0. The molecular formula is C23H32FN3O3. The number of ether oxygens (including phenoxy) is 2. The van der Waals surface area contributed by atoms with Crippen LogP contribution in [0.15, 0.2) is 30.5 Å². The molecule has 1 aromatic heterocycles. The van der Waals surface area contributed by atoms with E-state index in [0.717, 1.165) is 0 Å². The van der Waals surface area contributed by atoms with E-state index in [1.807, 2.05) is 20.8 Å². The molecule has 0 radical (unpaired) electrons. The van der Waals surface area contributed by atoms with Gasteiger partial charge in [-0.25, -0.2) is 19.2 Å². The molecule has 1 aromatic carbocycles. The number of benzene rings is 1. The number of aromatic nitrogens is 2. The molecule has 164 valence electrons. The molecule has 0 saturated heterocycles. The Balaban J connectivity index is 2.13. The predicted octanol–water partition coefficient (Wildman–Crippen LogP) is 5.30. The fraction of sp³-hybridized carbons (Fsp3) is 0.522. The van der Waals surface area contributed by atoms with Crippen molar-refractivity contribution in [2.24, 2.45) is 5.92 Å². The SMILES string of the molecule is Cc1nccc(-c2ccc(OCC(C)(CC(C)C)NC(=O)OC(C)(C)C)c(F)c2)n1. The first-order valence-corrected chi connectivity index (χ1v) is 10.1. The summed E-state index contributed by atoms with van der Waals surface area (Å²) >= 11 is 0. The Kier molecular flexibility index (Phi) is 7.39. The van der Waals surface area contributed by atoms with Crippen molar-refractivity contribution >= 4 is 6.09 Å². The van der Waals surface area contributed by atoms with Crippen LogP contribution < -0.4 is 10.1 Å². The number of hydrogen-bond donors (Lipinski definition) is 1. The molecule has 0 aliphatic rings. The highest BCUT2D eigenvalue weighted by Crippen LogP contribution is 2.26. The zero-order valence-electron chi connectivity index (χ0n) is 18.9. The van der Waals surface area contributed by atoms with Crippen molar-refractivity contribution in [3.05, 3.63) is 42.1 Å². The largest absolute Gasteiger partial charge is 0.488 e. The number of nitrogens with zero attached hydrogens (tertiary/aromatic N) is 2. The monoisotopic (exact) mass is 417 g/mol. The normalized spacial score (nSPS) is 13.6. The van der Waals surface area contributed by atoms with Crippen LogP contribution in [0, 0.1) is 18.7 Å². The molecule has 1 amide bonds. The Morgan fingerprint density at radius 1 is 1.20 bits per heavy atom. The van der Waals surface area contributed by atoms with Gasteiger partial charge in [0.25, 0.3) is 0 Å². The lowest BCUT2D eigenvalue weighted by Gasteiger charge is -2.33. The van der Waals surface area contributed by atoms with Gasteiger partial charge < -0.3 is 14.8 Å². The van der Waals surface area contributed by atoms with Crippen molar-refractivity contribution in [2.45, 2.75) is 66.0 Å². The lowest BCUT2D eigenvalue weighted by atomic mass is 9.91. The van der Waals surface area contributed by atoms with Gasteiger partial charge in [-0.05, 0) is 71.2 Å². The van der Waals surface area contributed by atoms with Gasteiger partial charge in [0.1, 0.15) is 18.0 Å². The van der Waals surface area contributed by atoms with Crippen LogP contribution in [0.25, 0.3) is 11.3 Å². The molecule has 0 bridgehead atoms. The average Bonchev–Trinajstić information content (AvgIpc) is 2.58. The van der Waals surface area contributed by atoms with E-state index < -0.39 is 23.1 Å². The minimum Gasteiger partial charge on any atom is -0.488 e. The smallest absolute Gasteiger partial charge is 0.408 e. The number of rotatable bonds is 7. The van der Waals surface area contributed by atoms with Crippen LogP contribution in [-0.4, -0.2) is 33.8 Å². The first kappa shape index (κ1) is 23.6. The number of aryl methyl sites for hydroxylation is 1. The number of nitrogens with one attached hydrogen (secondary N) is 1. The summed E-state index contributed by atoms with van der Waals surface area (Å²) in [6.45, 7) is 13.3. The predicted molar refractivity (Wildman–Crippen MR) is 115 cm³/mol. The highest BCUT2D eigenvalue weighted by atomic mass is 19.1. The van der Waals surface area contributed by atoms with E-state index in [4.69, 9.17) is 9.47 Å².